The van der Waals surface area contributed by atoms with Gasteiger partial charge in [0, 0.05) is 0 Å². The fourth-order valence-electron chi connectivity index (χ4n) is 13.2. The molecule has 10 heteroatoms. The maximum absolute atomic E-state index is 13.7. The summed E-state index contributed by atoms with van der Waals surface area (Å²) >= 11 is 0. The van der Waals surface area contributed by atoms with Crippen LogP contribution in [0.25, 0.3) is 0 Å². The van der Waals surface area contributed by atoms with Gasteiger partial charge in [-0.15, -0.1) is 0 Å². The molecule has 10 nitrogen and oxygen atoms in total. The van der Waals surface area contributed by atoms with Crippen molar-refractivity contribution in [2.24, 2.45) is 57.2 Å². The van der Waals surface area contributed by atoms with Gasteiger partial charge in [-0.05, 0) is 153 Å². The molecule has 10 unspecified atom stereocenters. The number of benzene rings is 1. The zero-order valence-corrected chi connectivity index (χ0v) is 39.9. The molecule has 0 radical (unpaired) electrons. The number of hydrogen-bond donors (Lipinski definition) is 2. The van der Waals surface area contributed by atoms with E-state index in [-0.39, 0.29) is 73.2 Å². The second kappa shape index (κ2) is 19.7. The van der Waals surface area contributed by atoms with E-state index in [4.69, 9.17) is 24.0 Å². The molecule has 2 saturated carbocycles. The first-order chi connectivity index (χ1) is 30.4. The lowest BCUT2D eigenvalue weighted by Gasteiger charge is -2.57. The van der Waals surface area contributed by atoms with Crippen molar-refractivity contribution in [3.05, 3.63) is 82.0 Å². The van der Waals surface area contributed by atoms with E-state index in [0.717, 1.165) is 77.0 Å². The fraction of sp³-hybridized carbons (Fsp3) is 0.685. The third-order valence-electron chi connectivity index (χ3n) is 17.1. The number of rotatable bonds is 16. The molecule has 1 aromatic rings. The first-order valence-corrected chi connectivity index (χ1v) is 24.4. The molecule has 6 aliphatic carbocycles. The SMILES string of the molecule is CC(C)C1=CC2=CCC3C(C)(C(=O)OCC(O)COOCc4ccc(C(=O)OCC(O)COC(=O)C5(C)CCCC6(C)C7CCC(C(C)C)=CC7=CCC56)cc4)CCCC3(C)C2CC1. The Bertz CT molecular complexity index is 1990. The zero-order valence-electron chi connectivity index (χ0n) is 39.9. The summed E-state index contributed by atoms with van der Waals surface area (Å²) in [6, 6.07) is 6.57. The molecule has 2 N–H and O–H groups in total. The topological polar surface area (TPSA) is 138 Å². The Labute approximate surface area is 382 Å². The molecule has 0 bridgehead atoms. The summed E-state index contributed by atoms with van der Waals surface area (Å²) in [6.07, 6.45) is 19.2. The average molecular weight is 885 g/mol. The van der Waals surface area contributed by atoms with Gasteiger partial charge in [0.05, 0.1) is 16.4 Å². The number of aliphatic hydroxyl groups is 2. The largest absolute Gasteiger partial charge is 0.462 e. The van der Waals surface area contributed by atoms with Crippen molar-refractivity contribution in [3.63, 3.8) is 0 Å². The zero-order chi connectivity index (χ0) is 46.0. The molecule has 0 aliphatic heterocycles. The Hall–Kier alpha value is -3.57. The van der Waals surface area contributed by atoms with Crippen molar-refractivity contribution >= 4 is 17.9 Å². The molecule has 0 amide bonds. The van der Waals surface area contributed by atoms with E-state index in [0.29, 0.717) is 29.2 Å². The summed E-state index contributed by atoms with van der Waals surface area (Å²) in [4.78, 5) is 50.9. The van der Waals surface area contributed by atoms with E-state index in [1.165, 1.54) is 22.3 Å². The summed E-state index contributed by atoms with van der Waals surface area (Å²) in [7, 11) is 0. The van der Waals surface area contributed by atoms with Gasteiger partial charge < -0.3 is 24.4 Å². The predicted molar refractivity (Wildman–Crippen MR) is 245 cm³/mol. The van der Waals surface area contributed by atoms with Gasteiger partial charge in [-0.2, -0.15) is 0 Å². The number of fused-ring (bicyclic) bond motifs is 6. The standard InChI is InChI=1S/C54H76O10/c1-34(2)38-15-19-44-40(27-38)17-21-46-51(44,5)23-9-25-53(46,7)49(58)61-31-42(55)30-60-48(57)37-13-11-36(12-14-37)29-63-64-33-43(56)32-62-50(59)54(8)26-10-24-52(6)45-20-16-39(35(3)4)28-41(45)18-22-47(52)54/h11-14,17-18,27-28,34-35,42-47,55-56H,9-10,15-16,19-26,29-33H2,1-8H3. The number of carbonyl (C=O) groups is 3. The molecular formula is C54H76O10. The van der Waals surface area contributed by atoms with Crippen LogP contribution < -0.4 is 0 Å². The molecule has 0 heterocycles. The molecule has 1 aromatic carbocycles. The molecule has 2 fully saturated rings. The summed E-state index contributed by atoms with van der Waals surface area (Å²) < 4.78 is 16.9. The van der Waals surface area contributed by atoms with Crippen molar-refractivity contribution in [2.45, 2.75) is 151 Å². The normalized spacial score (nSPS) is 33.2. The minimum absolute atomic E-state index is 0.0123. The number of hydrogen-bond acceptors (Lipinski definition) is 10. The van der Waals surface area contributed by atoms with E-state index < -0.39 is 29.0 Å². The number of allylic oxidation sites excluding steroid dienone is 8. The van der Waals surface area contributed by atoms with Gasteiger partial charge in [-0.25, -0.2) is 14.6 Å². The molecule has 10 atom stereocenters. The molecular weight excluding hydrogens is 809 g/mol. The van der Waals surface area contributed by atoms with E-state index in [2.05, 4.69) is 72.8 Å². The van der Waals surface area contributed by atoms with Gasteiger partial charge >= 0.3 is 17.9 Å². The van der Waals surface area contributed by atoms with Gasteiger partial charge in [-0.3, -0.25) is 9.59 Å². The van der Waals surface area contributed by atoms with Gasteiger partial charge in [0.25, 0.3) is 0 Å². The first kappa shape index (κ1) is 48.4. The Morgan fingerprint density at radius 3 is 1.55 bits per heavy atom. The van der Waals surface area contributed by atoms with Gasteiger partial charge in [-0.1, -0.05) is 102 Å². The smallest absolute Gasteiger partial charge is 0.338 e. The third kappa shape index (κ3) is 9.77. The summed E-state index contributed by atoms with van der Waals surface area (Å²) in [5, 5.41) is 21.3. The van der Waals surface area contributed by atoms with Crippen LogP contribution in [0.4, 0.5) is 0 Å². The van der Waals surface area contributed by atoms with Crippen LogP contribution in [0.2, 0.25) is 0 Å². The lowest BCUT2D eigenvalue weighted by molar-refractivity contribution is -0.315. The lowest BCUT2D eigenvalue weighted by Crippen LogP contribution is -2.53. The molecule has 0 aromatic heterocycles. The highest BCUT2D eigenvalue weighted by Gasteiger charge is 2.59. The number of esters is 3. The first-order valence-electron chi connectivity index (χ1n) is 24.4. The third-order valence-corrected chi connectivity index (χ3v) is 17.1. The number of aliphatic hydroxyl groups excluding tert-OH is 2. The quantitative estimate of drug-likeness (QED) is 0.0543. The molecule has 64 heavy (non-hydrogen) atoms. The predicted octanol–water partition coefficient (Wildman–Crippen LogP) is 10.4. The van der Waals surface area contributed by atoms with Crippen LogP contribution in [-0.2, 0) is 40.2 Å². The Balaban J connectivity index is 0.803. The van der Waals surface area contributed by atoms with E-state index >= 15 is 0 Å². The minimum atomic E-state index is -1.16. The number of ether oxygens (including phenoxy) is 3. The second-order valence-electron chi connectivity index (χ2n) is 21.8. The van der Waals surface area contributed by atoms with Crippen LogP contribution in [0.3, 0.4) is 0 Å². The fourth-order valence-corrected chi connectivity index (χ4v) is 13.2. The molecule has 6 aliphatic rings. The maximum Gasteiger partial charge on any atom is 0.338 e. The molecule has 352 valence electrons. The number of carbonyl (C=O) groups excluding carboxylic acids is 3. The van der Waals surface area contributed by atoms with Crippen LogP contribution in [0, 0.1) is 57.2 Å². The average Bonchev–Trinajstić information content (AvgIpc) is 3.27. The lowest BCUT2D eigenvalue weighted by atomic mass is 9.47. The van der Waals surface area contributed by atoms with Gasteiger partial charge in [0.2, 0.25) is 0 Å². The summed E-state index contributed by atoms with van der Waals surface area (Å²) in [5.74, 6) is 1.17. The van der Waals surface area contributed by atoms with Crippen molar-refractivity contribution in [1.29, 1.82) is 0 Å². The second-order valence-corrected chi connectivity index (χ2v) is 21.8. The van der Waals surface area contributed by atoms with E-state index in [1.807, 2.05) is 6.92 Å². The Morgan fingerprint density at radius 2 is 1.08 bits per heavy atom. The van der Waals surface area contributed by atoms with Crippen LogP contribution in [0.5, 0.6) is 0 Å². The monoisotopic (exact) mass is 885 g/mol. The van der Waals surface area contributed by atoms with Crippen molar-refractivity contribution in [2.75, 3.05) is 26.4 Å². The van der Waals surface area contributed by atoms with Gasteiger partial charge in [0.1, 0.15) is 45.2 Å². The molecule has 0 spiro atoms. The van der Waals surface area contributed by atoms with Crippen molar-refractivity contribution < 1.29 is 48.6 Å². The maximum atomic E-state index is 13.7. The van der Waals surface area contributed by atoms with Crippen LogP contribution in [-0.4, -0.2) is 66.8 Å². The van der Waals surface area contributed by atoms with Crippen LogP contribution in [0.15, 0.2) is 70.9 Å². The Kier molecular flexibility index (Phi) is 14.9. The molecule has 7 rings (SSSR count). The highest BCUT2D eigenvalue weighted by molar-refractivity contribution is 5.89. The highest BCUT2D eigenvalue weighted by atomic mass is 17.2. The summed E-state index contributed by atoms with van der Waals surface area (Å²) in [5.41, 5.74) is 5.69. The van der Waals surface area contributed by atoms with E-state index in [1.54, 1.807) is 24.3 Å². The van der Waals surface area contributed by atoms with Crippen molar-refractivity contribution in [1.82, 2.24) is 0 Å². The van der Waals surface area contributed by atoms with Crippen LogP contribution >= 0.6 is 0 Å². The van der Waals surface area contributed by atoms with Crippen molar-refractivity contribution in [3.8, 4) is 0 Å². The summed E-state index contributed by atoms with van der Waals surface area (Å²) in [6.45, 7) is 17.0. The Morgan fingerprint density at radius 1 is 0.625 bits per heavy atom. The van der Waals surface area contributed by atoms with E-state index in [9.17, 15) is 24.6 Å². The highest BCUT2D eigenvalue weighted by Crippen LogP contribution is 2.64. The minimum Gasteiger partial charge on any atom is -0.462 e. The van der Waals surface area contributed by atoms with Gasteiger partial charge in [0.15, 0.2) is 0 Å². The molecule has 0 saturated heterocycles. The van der Waals surface area contributed by atoms with Crippen LogP contribution in [0.1, 0.15) is 148 Å².